The quantitative estimate of drug-likeness (QED) is 0.853. The molecule has 4 nitrogen and oxygen atoms in total. The molecule has 0 amide bonds. The maximum absolute atomic E-state index is 11.6. The molecule has 1 saturated heterocycles. The fourth-order valence-corrected chi connectivity index (χ4v) is 5.22. The van der Waals surface area contributed by atoms with Crippen LogP contribution in [0.25, 0.3) is 0 Å². The van der Waals surface area contributed by atoms with Gasteiger partial charge in [0.25, 0.3) is 0 Å². The van der Waals surface area contributed by atoms with Gasteiger partial charge in [-0.05, 0) is 51.5 Å². The highest BCUT2D eigenvalue weighted by molar-refractivity contribution is 7.91. The number of hydrogen-bond acceptors (Lipinski definition) is 4. The summed E-state index contributed by atoms with van der Waals surface area (Å²) in [4.78, 5) is 2.42. The molecule has 0 spiro atoms. The molecule has 1 saturated carbocycles. The fraction of sp³-hybridized carbons (Fsp3) is 1.00. The zero-order chi connectivity index (χ0) is 14.1. The predicted molar refractivity (Wildman–Crippen MR) is 78.9 cm³/mol. The Morgan fingerprint density at radius 3 is 2.16 bits per heavy atom. The molecule has 19 heavy (non-hydrogen) atoms. The number of nitrogens with zero attached hydrogens (tertiary/aromatic N) is 1. The molecule has 2 rings (SSSR count). The molecule has 2 N–H and O–H groups in total. The minimum Gasteiger partial charge on any atom is -0.329 e. The summed E-state index contributed by atoms with van der Waals surface area (Å²) in [5, 5.41) is 0. The SMILES string of the molecule is CC1CCC(N(C)C2(CN)CCS(=O)(=O)CC2)CC1. The van der Waals surface area contributed by atoms with Gasteiger partial charge in [-0.1, -0.05) is 6.92 Å². The van der Waals surface area contributed by atoms with E-state index in [1.54, 1.807) is 0 Å². The first-order valence-corrected chi connectivity index (χ1v) is 9.34. The second-order valence-corrected chi connectivity index (χ2v) is 8.91. The first kappa shape index (κ1) is 15.3. The van der Waals surface area contributed by atoms with Gasteiger partial charge in [-0.3, -0.25) is 4.90 Å². The summed E-state index contributed by atoms with van der Waals surface area (Å²) in [7, 11) is -0.661. The topological polar surface area (TPSA) is 63.4 Å². The Kier molecular flexibility index (Phi) is 4.58. The zero-order valence-corrected chi connectivity index (χ0v) is 13.1. The monoisotopic (exact) mass is 288 g/mol. The van der Waals surface area contributed by atoms with Gasteiger partial charge in [-0.25, -0.2) is 8.42 Å². The van der Waals surface area contributed by atoms with Gasteiger partial charge in [-0.15, -0.1) is 0 Å². The van der Waals surface area contributed by atoms with E-state index in [9.17, 15) is 8.42 Å². The number of sulfone groups is 1. The van der Waals surface area contributed by atoms with Gasteiger partial charge in [0.05, 0.1) is 11.5 Å². The van der Waals surface area contributed by atoms with Crippen molar-refractivity contribution in [1.29, 1.82) is 0 Å². The van der Waals surface area contributed by atoms with E-state index in [2.05, 4.69) is 18.9 Å². The van der Waals surface area contributed by atoms with Crippen LogP contribution in [-0.4, -0.2) is 50.0 Å². The van der Waals surface area contributed by atoms with Gasteiger partial charge >= 0.3 is 0 Å². The molecule has 0 unspecified atom stereocenters. The van der Waals surface area contributed by atoms with Gasteiger partial charge in [0.2, 0.25) is 0 Å². The highest BCUT2D eigenvalue weighted by Gasteiger charge is 2.42. The van der Waals surface area contributed by atoms with Gasteiger partial charge < -0.3 is 5.73 Å². The van der Waals surface area contributed by atoms with Crippen molar-refractivity contribution in [3.05, 3.63) is 0 Å². The third kappa shape index (κ3) is 3.31. The Labute approximate surface area is 117 Å². The highest BCUT2D eigenvalue weighted by Crippen LogP contribution is 2.35. The summed E-state index contributed by atoms with van der Waals surface area (Å²) in [5.74, 6) is 1.44. The Bertz CT molecular complexity index is 386. The average Bonchev–Trinajstić information content (AvgIpc) is 2.40. The van der Waals surface area contributed by atoms with Crippen LogP contribution in [0.15, 0.2) is 0 Å². The van der Waals surface area contributed by atoms with Crippen molar-refractivity contribution in [3.8, 4) is 0 Å². The van der Waals surface area contributed by atoms with Crippen LogP contribution in [0.3, 0.4) is 0 Å². The van der Waals surface area contributed by atoms with E-state index in [0.29, 0.717) is 36.9 Å². The van der Waals surface area contributed by atoms with Gasteiger partial charge in [-0.2, -0.15) is 0 Å². The molecule has 2 aliphatic rings. The van der Waals surface area contributed by atoms with Crippen molar-refractivity contribution in [3.63, 3.8) is 0 Å². The van der Waals surface area contributed by atoms with Crippen LogP contribution in [0, 0.1) is 5.92 Å². The van der Waals surface area contributed by atoms with Crippen LogP contribution in [0.2, 0.25) is 0 Å². The lowest BCUT2D eigenvalue weighted by Gasteiger charge is -2.49. The Morgan fingerprint density at radius 1 is 1.16 bits per heavy atom. The lowest BCUT2D eigenvalue weighted by molar-refractivity contribution is 0.0426. The summed E-state index contributed by atoms with van der Waals surface area (Å²) >= 11 is 0. The third-order valence-corrected chi connectivity index (χ3v) is 7.07. The number of rotatable bonds is 3. The highest BCUT2D eigenvalue weighted by atomic mass is 32.2. The molecule has 5 heteroatoms. The largest absolute Gasteiger partial charge is 0.329 e. The fourth-order valence-electron chi connectivity index (χ4n) is 3.64. The Balaban J connectivity index is 2.05. The van der Waals surface area contributed by atoms with Gasteiger partial charge in [0.1, 0.15) is 9.84 Å². The molecular formula is C14H28N2O2S. The predicted octanol–water partition coefficient (Wildman–Crippen LogP) is 1.40. The molecule has 0 bridgehead atoms. The van der Waals surface area contributed by atoms with E-state index in [0.717, 1.165) is 5.92 Å². The van der Waals surface area contributed by atoms with Crippen LogP contribution < -0.4 is 5.73 Å². The lowest BCUT2D eigenvalue weighted by atomic mass is 9.82. The molecule has 0 atom stereocenters. The van der Waals surface area contributed by atoms with Gasteiger partial charge in [0.15, 0.2) is 0 Å². The summed E-state index contributed by atoms with van der Waals surface area (Å²) in [6.07, 6.45) is 6.43. The maximum atomic E-state index is 11.6. The molecule has 2 fully saturated rings. The normalized spacial score (nSPS) is 34.3. The first-order chi connectivity index (χ1) is 8.88. The minimum atomic E-state index is -2.82. The van der Waals surface area contributed by atoms with Crippen LogP contribution in [0.1, 0.15) is 45.4 Å². The van der Waals surface area contributed by atoms with Crippen molar-refractivity contribution < 1.29 is 8.42 Å². The number of hydrogen-bond donors (Lipinski definition) is 1. The molecule has 1 aliphatic heterocycles. The Hall–Kier alpha value is -0.130. The summed E-state index contributed by atoms with van der Waals surface area (Å²) in [5.41, 5.74) is 5.94. The molecule has 1 aliphatic carbocycles. The summed E-state index contributed by atoms with van der Waals surface area (Å²) in [6, 6.07) is 0.584. The second kappa shape index (κ2) is 5.70. The molecule has 0 radical (unpaired) electrons. The van der Waals surface area contributed by atoms with Crippen molar-refractivity contribution in [2.24, 2.45) is 11.7 Å². The van der Waals surface area contributed by atoms with E-state index in [1.165, 1.54) is 25.7 Å². The van der Waals surface area contributed by atoms with E-state index in [1.807, 2.05) is 0 Å². The average molecular weight is 288 g/mol. The van der Waals surface area contributed by atoms with E-state index < -0.39 is 9.84 Å². The van der Waals surface area contributed by atoms with Crippen molar-refractivity contribution in [1.82, 2.24) is 4.90 Å². The molecule has 0 aromatic carbocycles. The molecule has 0 aromatic heterocycles. The van der Waals surface area contributed by atoms with E-state index >= 15 is 0 Å². The number of nitrogens with two attached hydrogens (primary N) is 1. The third-order valence-electron chi connectivity index (χ3n) is 5.42. The number of likely N-dealkylation sites (N-methyl/N-ethyl adjacent to an activating group) is 1. The molecule has 1 heterocycles. The second-order valence-electron chi connectivity index (χ2n) is 6.60. The van der Waals surface area contributed by atoms with E-state index in [4.69, 9.17) is 5.73 Å². The first-order valence-electron chi connectivity index (χ1n) is 7.52. The van der Waals surface area contributed by atoms with Crippen LogP contribution in [-0.2, 0) is 9.84 Å². The maximum Gasteiger partial charge on any atom is 0.150 e. The van der Waals surface area contributed by atoms with Crippen molar-refractivity contribution >= 4 is 9.84 Å². The van der Waals surface area contributed by atoms with Crippen molar-refractivity contribution in [2.45, 2.75) is 57.0 Å². The lowest BCUT2D eigenvalue weighted by Crippen LogP contribution is -2.59. The molecule has 112 valence electrons. The summed E-state index contributed by atoms with van der Waals surface area (Å²) in [6.45, 7) is 2.90. The molecule has 0 aromatic rings. The van der Waals surface area contributed by atoms with Crippen LogP contribution in [0.4, 0.5) is 0 Å². The summed E-state index contributed by atoms with van der Waals surface area (Å²) < 4.78 is 23.3. The standard InChI is InChI=1S/C14H28N2O2S/c1-12-3-5-13(6-4-12)16(2)14(11-15)7-9-19(17,18)10-8-14/h12-13H,3-11,15H2,1-2H3. The van der Waals surface area contributed by atoms with Crippen molar-refractivity contribution in [2.75, 3.05) is 25.1 Å². The Morgan fingerprint density at radius 2 is 1.68 bits per heavy atom. The zero-order valence-electron chi connectivity index (χ0n) is 12.3. The van der Waals surface area contributed by atoms with Crippen LogP contribution in [0.5, 0.6) is 0 Å². The minimum absolute atomic E-state index is 0.0867. The van der Waals surface area contributed by atoms with E-state index in [-0.39, 0.29) is 5.54 Å². The van der Waals surface area contributed by atoms with Gasteiger partial charge in [0, 0.05) is 18.1 Å². The van der Waals surface area contributed by atoms with Crippen LogP contribution >= 0.6 is 0 Å². The smallest absolute Gasteiger partial charge is 0.150 e. The molecular weight excluding hydrogens is 260 g/mol.